The van der Waals surface area contributed by atoms with Gasteiger partial charge in [0.2, 0.25) is 5.91 Å². The number of nitrogens with one attached hydrogen (secondary N) is 2. The van der Waals surface area contributed by atoms with Crippen LogP contribution in [0.1, 0.15) is 18.4 Å². The summed E-state index contributed by atoms with van der Waals surface area (Å²) in [5.74, 6) is -0.168. The SMILES string of the molecule is N#CC1(CNC(=O)Cc2c(Cl)cccc2Cl)CCNCC1. The Morgan fingerprint density at radius 1 is 1.33 bits per heavy atom. The Morgan fingerprint density at radius 3 is 2.52 bits per heavy atom. The van der Waals surface area contributed by atoms with Crippen molar-refractivity contribution in [3.05, 3.63) is 33.8 Å². The summed E-state index contributed by atoms with van der Waals surface area (Å²) < 4.78 is 0. The Labute approximate surface area is 134 Å². The molecule has 0 unspecified atom stereocenters. The van der Waals surface area contributed by atoms with E-state index in [1.54, 1.807) is 18.2 Å². The number of rotatable bonds is 4. The third-order valence-corrected chi connectivity index (χ3v) is 4.53. The lowest BCUT2D eigenvalue weighted by Gasteiger charge is -2.31. The van der Waals surface area contributed by atoms with Crippen molar-refractivity contribution < 1.29 is 4.79 Å². The largest absolute Gasteiger partial charge is 0.354 e. The average Bonchev–Trinajstić information content (AvgIpc) is 2.50. The van der Waals surface area contributed by atoms with Crippen LogP contribution < -0.4 is 10.6 Å². The molecule has 0 saturated carbocycles. The highest BCUT2D eigenvalue weighted by Crippen LogP contribution is 2.27. The van der Waals surface area contributed by atoms with Gasteiger partial charge in [-0.15, -0.1) is 0 Å². The molecule has 1 aromatic carbocycles. The average molecular weight is 326 g/mol. The summed E-state index contributed by atoms with van der Waals surface area (Å²) in [4.78, 5) is 12.1. The second kappa shape index (κ2) is 7.13. The number of benzene rings is 1. The van der Waals surface area contributed by atoms with Crippen LogP contribution in [0, 0.1) is 16.7 Å². The van der Waals surface area contributed by atoms with Crippen LogP contribution in [0.5, 0.6) is 0 Å². The van der Waals surface area contributed by atoms with E-state index in [1.807, 2.05) is 0 Å². The molecule has 21 heavy (non-hydrogen) atoms. The highest BCUT2D eigenvalue weighted by Gasteiger charge is 2.32. The van der Waals surface area contributed by atoms with Gasteiger partial charge in [0.25, 0.3) is 0 Å². The molecule has 0 bridgehead atoms. The minimum absolute atomic E-state index is 0.123. The molecule has 0 spiro atoms. The molecule has 1 heterocycles. The number of nitriles is 1. The van der Waals surface area contributed by atoms with E-state index in [2.05, 4.69) is 16.7 Å². The smallest absolute Gasteiger partial charge is 0.224 e. The number of carbonyl (C=O) groups excluding carboxylic acids is 1. The van der Waals surface area contributed by atoms with Crippen molar-refractivity contribution in [2.75, 3.05) is 19.6 Å². The third-order valence-electron chi connectivity index (χ3n) is 3.82. The number of nitrogens with zero attached hydrogens (tertiary/aromatic N) is 1. The van der Waals surface area contributed by atoms with E-state index < -0.39 is 5.41 Å². The topological polar surface area (TPSA) is 64.9 Å². The molecule has 6 heteroatoms. The maximum Gasteiger partial charge on any atom is 0.224 e. The second-order valence-electron chi connectivity index (χ2n) is 5.30. The molecule has 0 radical (unpaired) electrons. The monoisotopic (exact) mass is 325 g/mol. The summed E-state index contributed by atoms with van der Waals surface area (Å²) in [6.07, 6.45) is 1.62. The molecule has 1 amide bonds. The lowest BCUT2D eigenvalue weighted by Crippen LogP contribution is -2.44. The minimum atomic E-state index is -0.467. The first-order chi connectivity index (χ1) is 10.1. The Bertz CT molecular complexity index is 542. The van der Waals surface area contributed by atoms with E-state index >= 15 is 0 Å². The van der Waals surface area contributed by atoms with Gasteiger partial charge in [-0.3, -0.25) is 4.79 Å². The minimum Gasteiger partial charge on any atom is -0.354 e. The van der Waals surface area contributed by atoms with E-state index in [1.165, 1.54) is 0 Å². The normalized spacial score (nSPS) is 17.0. The number of halogens is 2. The van der Waals surface area contributed by atoms with Crippen LogP contribution in [0.3, 0.4) is 0 Å². The molecule has 1 saturated heterocycles. The van der Waals surface area contributed by atoms with Gasteiger partial charge in [-0.25, -0.2) is 0 Å². The standard InChI is InChI=1S/C15H17Cl2N3O/c16-12-2-1-3-13(17)11(12)8-14(21)20-10-15(9-18)4-6-19-7-5-15/h1-3,19H,4-8,10H2,(H,20,21). The van der Waals surface area contributed by atoms with Gasteiger partial charge < -0.3 is 10.6 Å². The van der Waals surface area contributed by atoms with Crippen LogP contribution in [0.25, 0.3) is 0 Å². The summed E-state index contributed by atoms with van der Waals surface area (Å²) in [5, 5.41) is 16.4. The quantitative estimate of drug-likeness (QED) is 0.894. The molecule has 2 rings (SSSR count). The first kappa shape index (κ1) is 16.1. The van der Waals surface area contributed by atoms with Crippen molar-refractivity contribution in [2.45, 2.75) is 19.3 Å². The Hall–Kier alpha value is -1.28. The molecule has 1 aromatic rings. The van der Waals surface area contributed by atoms with Crippen LogP contribution in [0.2, 0.25) is 10.0 Å². The van der Waals surface area contributed by atoms with Crippen LogP contribution in [-0.4, -0.2) is 25.5 Å². The number of amides is 1. The van der Waals surface area contributed by atoms with E-state index in [0.717, 1.165) is 25.9 Å². The van der Waals surface area contributed by atoms with Crippen molar-refractivity contribution in [3.8, 4) is 6.07 Å². The zero-order valence-electron chi connectivity index (χ0n) is 11.6. The number of hydrogen-bond donors (Lipinski definition) is 2. The molecular weight excluding hydrogens is 309 g/mol. The van der Waals surface area contributed by atoms with Crippen molar-refractivity contribution >= 4 is 29.1 Å². The molecule has 1 aliphatic heterocycles. The maximum absolute atomic E-state index is 12.1. The van der Waals surface area contributed by atoms with Gasteiger partial charge in [0.1, 0.15) is 0 Å². The molecule has 1 fully saturated rings. The van der Waals surface area contributed by atoms with Crippen molar-refractivity contribution in [3.63, 3.8) is 0 Å². The van der Waals surface area contributed by atoms with Crippen molar-refractivity contribution in [1.82, 2.24) is 10.6 Å². The van der Waals surface area contributed by atoms with Gasteiger partial charge in [-0.05, 0) is 43.6 Å². The lowest BCUT2D eigenvalue weighted by atomic mass is 9.80. The van der Waals surface area contributed by atoms with Crippen LogP contribution >= 0.6 is 23.2 Å². The van der Waals surface area contributed by atoms with Crippen LogP contribution in [-0.2, 0) is 11.2 Å². The van der Waals surface area contributed by atoms with E-state index in [9.17, 15) is 10.1 Å². The fourth-order valence-corrected chi connectivity index (χ4v) is 2.96. The molecule has 0 aliphatic carbocycles. The van der Waals surface area contributed by atoms with Gasteiger partial charge in [-0.2, -0.15) is 5.26 Å². The molecule has 4 nitrogen and oxygen atoms in total. The predicted octanol–water partition coefficient (Wildman–Crippen LogP) is 2.55. The number of piperidine rings is 1. The van der Waals surface area contributed by atoms with E-state index in [4.69, 9.17) is 23.2 Å². The lowest BCUT2D eigenvalue weighted by molar-refractivity contribution is -0.120. The Morgan fingerprint density at radius 2 is 1.95 bits per heavy atom. The van der Waals surface area contributed by atoms with Gasteiger partial charge in [0.15, 0.2) is 0 Å². The zero-order chi connectivity index (χ0) is 15.3. The Balaban J connectivity index is 1.95. The highest BCUT2D eigenvalue weighted by molar-refractivity contribution is 6.36. The van der Waals surface area contributed by atoms with Crippen molar-refractivity contribution in [2.24, 2.45) is 5.41 Å². The third kappa shape index (κ3) is 4.10. The maximum atomic E-state index is 12.1. The fourth-order valence-electron chi connectivity index (χ4n) is 2.43. The first-order valence-corrected chi connectivity index (χ1v) is 7.63. The van der Waals surface area contributed by atoms with Gasteiger partial charge >= 0.3 is 0 Å². The molecular formula is C15H17Cl2N3O. The zero-order valence-corrected chi connectivity index (χ0v) is 13.1. The van der Waals surface area contributed by atoms with Crippen LogP contribution in [0.4, 0.5) is 0 Å². The van der Waals surface area contributed by atoms with Crippen molar-refractivity contribution in [1.29, 1.82) is 5.26 Å². The molecule has 112 valence electrons. The van der Waals surface area contributed by atoms with Gasteiger partial charge in [0, 0.05) is 16.6 Å². The number of hydrogen-bond acceptors (Lipinski definition) is 3. The first-order valence-electron chi connectivity index (χ1n) is 6.88. The highest BCUT2D eigenvalue weighted by atomic mass is 35.5. The predicted molar refractivity (Wildman–Crippen MR) is 83.3 cm³/mol. The summed E-state index contributed by atoms with van der Waals surface area (Å²) in [6.45, 7) is 1.98. The van der Waals surface area contributed by atoms with Crippen LogP contribution in [0.15, 0.2) is 18.2 Å². The molecule has 1 aliphatic rings. The molecule has 0 atom stereocenters. The van der Waals surface area contributed by atoms with E-state index in [-0.39, 0.29) is 12.3 Å². The molecule has 2 N–H and O–H groups in total. The van der Waals surface area contributed by atoms with Gasteiger partial charge in [0.05, 0.1) is 17.9 Å². The van der Waals surface area contributed by atoms with E-state index in [0.29, 0.717) is 22.2 Å². The molecule has 0 aromatic heterocycles. The Kier molecular flexibility index (Phi) is 5.46. The fraction of sp³-hybridized carbons (Fsp3) is 0.467. The second-order valence-corrected chi connectivity index (χ2v) is 6.11. The summed E-state index contributed by atoms with van der Waals surface area (Å²) in [7, 11) is 0. The summed E-state index contributed by atoms with van der Waals surface area (Å²) >= 11 is 12.1. The summed E-state index contributed by atoms with van der Waals surface area (Å²) in [6, 6.07) is 7.51. The van der Waals surface area contributed by atoms with Gasteiger partial charge in [-0.1, -0.05) is 29.3 Å². The summed E-state index contributed by atoms with van der Waals surface area (Å²) in [5.41, 5.74) is 0.153. The number of carbonyl (C=O) groups is 1.